The van der Waals surface area contributed by atoms with Gasteiger partial charge in [0.15, 0.2) is 0 Å². The zero-order valence-electron chi connectivity index (χ0n) is 17.5. The van der Waals surface area contributed by atoms with E-state index in [1.807, 2.05) is 44.2 Å². The van der Waals surface area contributed by atoms with Gasteiger partial charge in [0.25, 0.3) is 11.7 Å². The number of ketones is 1. The van der Waals surface area contributed by atoms with Gasteiger partial charge in [-0.2, -0.15) is 5.26 Å². The van der Waals surface area contributed by atoms with Crippen molar-refractivity contribution in [3.8, 4) is 6.07 Å². The summed E-state index contributed by atoms with van der Waals surface area (Å²) < 4.78 is 0.877. The summed E-state index contributed by atoms with van der Waals surface area (Å²) in [5.74, 6) is -1.70. The summed E-state index contributed by atoms with van der Waals surface area (Å²) >= 11 is 3.44. The third-order valence-electron chi connectivity index (χ3n) is 5.51. The number of hydrogen-bond donors (Lipinski definition) is 1. The van der Waals surface area contributed by atoms with Crippen LogP contribution in [0, 0.1) is 25.2 Å². The van der Waals surface area contributed by atoms with Crippen LogP contribution in [0.25, 0.3) is 5.76 Å². The molecule has 1 saturated heterocycles. The standard InChI is InChI=1S/C26H19BrN2O3/c1-15-4-3-5-18(12-15)23-22(24(30)19-8-11-21(27)16(2)13-19)25(31)26(32)29(23)20-9-6-17(14-28)7-10-20/h3-13,23,30H,1-2H3/b24-22-. The second-order valence-electron chi connectivity index (χ2n) is 7.71. The van der Waals surface area contributed by atoms with Gasteiger partial charge < -0.3 is 5.11 Å². The van der Waals surface area contributed by atoms with E-state index in [9.17, 15) is 14.7 Å². The normalized spacial score (nSPS) is 17.4. The van der Waals surface area contributed by atoms with E-state index in [-0.39, 0.29) is 11.3 Å². The molecule has 1 aliphatic rings. The number of amides is 1. The summed E-state index contributed by atoms with van der Waals surface area (Å²) in [6, 6.07) is 20.5. The lowest BCUT2D eigenvalue weighted by atomic mass is 9.94. The first-order valence-electron chi connectivity index (χ1n) is 9.96. The van der Waals surface area contributed by atoms with Crippen molar-refractivity contribution >= 4 is 39.1 Å². The highest BCUT2D eigenvalue weighted by atomic mass is 79.9. The predicted octanol–water partition coefficient (Wildman–Crippen LogP) is 5.56. The molecule has 0 aromatic heterocycles. The predicted molar refractivity (Wildman–Crippen MR) is 126 cm³/mol. The highest BCUT2D eigenvalue weighted by Crippen LogP contribution is 2.42. The Bertz CT molecular complexity index is 1320. The Balaban J connectivity index is 1.95. The average molecular weight is 487 g/mol. The number of aliphatic hydroxyl groups is 1. The van der Waals surface area contributed by atoms with E-state index in [4.69, 9.17) is 5.26 Å². The first-order valence-corrected chi connectivity index (χ1v) is 10.8. The molecule has 1 aliphatic heterocycles. The van der Waals surface area contributed by atoms with E-state index in [0.717, 1.165) is 15.6 Å². The summed E-state index contributed by atoms with van der Waals surface area (Å²) in [6.45, 7) is 3.81. The van der Waals surface area contributed by atoms with Crippen LogP contribution in [0.2, 0.25) is 0 Å². The molecule has 5 nitrogen and oxygen atoms in total. The quantitative estimate of drug-likeness (QED) is 0.298. The summed E-state index contributed by atoms with van der Waals surface area (Å²) in [5.41, 5.74) is 3.98. The van der Waals surface area contributed by atoms with Gasteiger partial charge in [0.1, 0.15) is 5.76 Å². The Kier molecular flexibility index (Phi) is 5.68. The molecule has 1 heterocycles. The monoisotopic (exact) mass is 486 g/mol. The molecule has 1 fully saturated rings. The van der Waals surface area contributed by atoms with Crippen molar-refractivity contribution in [1.82, 2.24) is 0 Å². The number of carbonyl (C=O) groups excluding carboxylic acids is 2. The summed E-state index contributed by atoms with van der Waals surface area (Å²) in [4.78, 5) is 27.7. The van der Waals surface area contributed by atoms with E-state index in [0.29, 0.717) is 22.4 Å². The van der Waals surface area contributed by atoms with Crippen LogP contribution in [0.15, 0.2) is 76.8 Å². The van der Waals surface area contributed by atoms with Crippen LogP contribution >= 0.6 is 15.9 Å². The zero-order valence-corrected chi connectivity index (χ0v) is 19.1. The molecule has 3 aromatic carbocycles. The third-order valence-corrected chi connectivity index (χ3v) is 6.40. The first kappa shape index (κ1) is 21.5. The third kappa shape index (κ3) is 3.72. The number of carbonyl (C=O) groups is 2. The number of benzene rings is 3. The molecule has 0 radical (unpaired) electrons. The van der Waals surface area contributed by atoms with Crippen LogP contribution in [-0.4, -0.2) is 16.8 Å². The minimum absolute atomic E-state index is 0.0340. The molecule has 0 bridgehead atoms. The zero-order chi connectivity index (χ0) is 23.0. The second kappa shape index (κ2) is 8.45. The fourth-order valence-electron chi connectivity index (χ4n) is 3.90. The number of aliphatic hydroxyl groups excluding tert-OH is 1. The molecule has 0 saturated carbocycles. The van der Waals surface area contributed by atoms with Gasteiger partial charge in [-0.15, -0.1) is 0 Å². The molecular weight excluding hydrogens is 468 g/mol. The molecule has 0 spiro atoms. The maximum atomic E-state index is 13.2. The molecule has 0 aliphatic carbocycles. The van der Waals surface area contributed by atoms with Gasteiger partial charge in [0.2, 0.25) is 0 Å². The molecule has 158 valence electrons. The maximum Gasteiger partial charge on any atom is 0.300 e. The lowest BCUT2D eigenvalue weighted by molar-refractivity contribution is -0.132. The summed E-state index contributed by atoms with van der Waals surface area (Å²) in [5, 5.41) is 20.3. The van der Waals surface area contributed by atoms with Crippen LogP contribution < -0.4 is 4.90 Å². The Labute approximate surface area is 194 Å². The fraction of sp³-hybridized carbons (Fsp3) is 0.115. The Hall–Kier alpha value is -3.69. The lowest BCUT2D eigenvalue weighted by Crippen LogP contribution is -2.29. The number of aryl methyl sites for hydroxylation is 2. The van der Waals surface area contributed by atoms with Crippen LogP contribution in [0.3, 0.4) is 0 Å². The minimum atomic E-state index is -0.799. The van der Waals surface area contributed by atoms with Gasteiger partial charge in [-0.05, 0) is 61.4 Å². The van der Waals surface area contributed by atoms with Crippen LogP contribution in [0.4, 0.5) is 5.69 Å². The van der Waals surface area contributed by atoms with Crippen molar-refractivity contribution in [2.75, 3.05) is 4.90 Å². The van der Waals surface area contributed by atoms with Crippen molar-refractivity contribution < 1.29 is 14.7 Å². The molecule has 1 amide bonds. The smallest absolute Gasteiger partial charge is 0.300 e. The Morgan fingerprint density at radius 2 is 1.75 bits per heavy atom. The van der Waals surface area contributed by atoms with Gasteiger partial charge in [-0.25, -0.2) is 0 Å². The van der Waals surface area contributed by atoms with E-state index in [1.165, 1.54) is 4.90 Å². The molecule has 4 rings (SSSR count). The Morgan fingerprint density at radius 1 is 1.03 bits per heavy atom. The number of anilines is 1. The van der Waals surface area contributed by atoms with Crippen molar-refractivity contribution in [1.29, 1.82) is 5.26 Å². The summed E-state index contributed by atoms with van der Waals surface area (Å²) in [6.07, 6.45) is 0. The highest BCUT2D eigenvalue weighted by molar-refractivity contribution is 9.10. The molecule has 1 atom stereocenters. The van der Waals surface area contributed by atoms with Gasteiger partial charge in [-0.1, -0.05) is 51.8 Å². The molecule has 1 unspecified atom stereocenters. The molecular formula is C26H19BrN2O3. The van der Waals surface area contributed by atoms with E-state index < -0.39 is 17.7 Å². The minimum Gasteiger partial charge on any atom is -0.507 e. The van der Waals surface area contributed by atoms with Crippen LogP contribution in [0.1, 0.15) is 33.9 Å². The summed E-state index contributed by atoms with van der Waals surface area (Å²) in [7, 11) is 0. The number of nitriles is 1. The van der Waals surface area contributed by atoms with E-state index in [2.05, 4.69) is 15.9 Å². The van der Waals surface area contributed by atoms with Gasteiger partial charge in [0, 0.05) is 15.7 Å². The van der Waals surface area contributed by atoms with Crippen molar-refractivity contribution in [3.63, 3.8) is 0 Å². The Morgan fingerprint density at radius 3 is 2.38 bits per heavy atom. The van der Waals surface area contributed by atoms with E-state index in [1.54, 1.807) is 42.5 Å². The topological polar surface area (TPSA) is 81.4 Å². The first-order chi connectivity index (χ1) is 15.3. The molecule has 1 N–H and O–H groups in total. The second-order valence-corrected chi connectivity index (χ2v) is 8.56. The highest BCUT2D eigenvalue weighted by Gasteiger charge is 2.47. The van der Waals surface area contributed by atoms with Crippen molar-refractivity contribution in [3.05, 3.63) is 105 Å². The number of rotatable bonds is 3. The molecule has 6 heteroatoms. The fourth-order valence-corrected chi connectivity index (χ4v) is 4.15. The van der Waals surface area contributed by atoms with Crippen molar-refractivity contribution in [2.45, 2.75) is 19.9 Å². The van der Waals surface area contributed by atoms with Crippen molar-refractivity contribution in [2.24, 2.45) is 0 Å². The molecule has 3 aromatic rings. The van der Waals surface area contributed by atoms with E-state index >= 15 is 0 Å². The largest absolute Gasteiger partial charge is 0.507 e. The van der Waals surface area contributed by atoms with Gasteiger partial charge in [-0.3, -0.25) is 14.5 Å². The molecule has 32 heavy (non-hydrogen) atoms. The van der Waals surface area contributed by atoms with Crippen LogP contribution in [0.5, 0.6) is 0 Å². The van der Waals surface area contributed by atoms with Crippen LogP contribution in [-0.2, 0) is 9.59 Å². The number of nitrogens with zero attached hydrogens (tertiary/aromatic N) is 2. The maximum absolute atomic E-state index is 13.2. The number of Topliss-reactive ketones (excluding diaryl/α,β-unsaturated/α-hetero) is 1. The number of halogens is 1. The van der Waals surface area contributed by atoms with Gasteiger partial charge >= 0.3 is 0 Å². The van der Waals surface area contributed by atoms with Gasteiger partial charge in [0.05, 0.1) is 23.2 Å². The average Bonchev–Trinajstić information content (AvgIpc) is 3.06. The SMILES string of the molecule is Cc1cccc(C2/C(=C(/O)c3ccc(Br)c(C)c3)C(=O)C(=O)N2c2ccc(C#N)cc2)c1. The lowest BCUT2D eigenvalue weighted by Gasteiger charge is -2.25. The number of hydrogen-bond acceptors (Lipinski definition) is 4.